The maximum absolute atomic E-state index is 12.3. The standard InChI is InChI=1S/C16H14ClNO6S/c1-10(19)24-12-4-2-3-11(7-12)9-18-25(22,23)13-5-6-14(16(20)21)15(17)8-13/h2-8,18H,9H2,1H3,(H,20,21). The molecule has 0 amide bonds. The van der Waals surface area contributed by atoms with Crippen molar-refractivity contribution in [2.75, 3.05) is 0 Å². The van der Waals surface area contributed by atoms with E-state index in [-0.39, 0.29) is 22.0 Å². The fraction of sp³-hybridized carbons (Fsp3) is 0.125. The van der Waals surface area contributed by atoms with Crippen LogP contribution in [0.3, 0.4) is 0 Å². The summed E-state index contributed by atoms with van der Waals surface area (Å²) in [4.78, 5) is 21.7. The third-order valence-corrected chi connectivity index (χ3v) is 4.82. The molecule has 2 aromatic carbocycles. The van der Waals surface area contributed by atoms with Crippen LogP contribution in [0.25, 0.3) is 0 Å². The van der Waals surface area contributed by atoms with Gasteiger partial charge in [-0.15, -0.1) is 0 Å². The van der Waals surface area contributed by atoms with Crippen molar-refractivity contribution in [3.05, 3.63) is 58.6 Å². The van der Waals surface area contributed by atoms with E-state index >= 15 is 0 Å². The Morgan fingerprint density at radius 1 is 1.20 bits per heavy atom. The molecule has 0 saturated heterocycles. The fourth-order valence-corrected chi connectivity index (χ4v) is 3.35. The van der Waals surface area contributed by atoms with Gasteiger partial charge in [-0.2, -0.15) is 0 Å². The first kappa shape index (κ1) is 18.9. The highest BCUT2D eigenvalue weighted by atomic mass is 35.5. The van der Waals surface area contributed by atoms with Gasteiger partial charge in [0.1, 0.15) is 5.75 Å². The van der Waals surface area contributed by atoms with Crippen LogP contribution in [0.5, 0.6) is 5.75 Å². The molecule has 0 atom stereocenters. The second kappa shape index (κ2) is 7.64. The summed E-state index contributed by atoms with van der Waals surface area (Å²) < 4.78 is 31.9. The molecule has 0 aliphatic carbocycles. The third kappa shape index (κ3) is 5.02. The fourth-order valence-electron chi connectivity index (χ4n) is 1.98. The van der Waals surface area contributed by atoms with Gasteiger partial charge in [-0.3, -0.25) is 4.79 Å². The molecule has 0 aliphatic rings. The van der Waals surface area contributed by atoms with Gasteiger partial charge in [-0.05, 0) is 35.9 Å². The van der Waals surface area contributed by atoms with Crippen molar-refractivity contribution in [2.24, 2.45) is 0 Å². The Bertz CT molecular complexity index is 926. The molecule has 0 unspecified atom stereocenters. The summed E-state index contributed by atoms with van der Waals surface area (Å²) in [5.41, 5.74) is 0.394. The predicted molar refractivity (Wildman–Crippen MR) is 90.2 cm³/mol. The Morgan fingerprint density at radius 3 is 2.52 bits per heavy atom. The number of ether oxygens (including phenoxy) is 1. The van der Waals surface area contributed by atoms with Crippen LogP contribution in [0.1, 0.15) is 22.8 Å². The zero-order valence-electron chi connectivity index (χ0n) is 13.0. The van der Waals surface area contributed by atoms with Crippen LogP contribution in [0.2, 0.25) is 5.02 Å². The molecule has 0 heterocycles. The minimum atomic E-state index is -3.89. The molecule has 9 heteroatoms. The summed E-state index contributed by atoms with van der Waals surface area (Å²) in [6.07, 6.45) is 0. The lowest BCUT2D eigenvalue weighted by Gasteiger charge is -2.09. The molecule has 2 N–H and O–H groups in total. The maximum Gasteiger partial charge on any atom is 0.337 e. The number of hydrogen-bond donors (Lipinski definition) is 2. The number of hydrogen-bond acceptors (Lipinski definition) is 5. The molecule has 0 aromatic heterocycles. The molecule has 25 heavy (non-hydrogen) atoms. The maximum atomic E-state index is 12.3. The molecular weight excluding hydrogens is 370 g/mol. The van der Waals surface area contributed by atoms with Crippen molar-refractivity contribution in [1.29, 1.82) is 0 Å². The number of aromatic carboxylic acids is 1. The van der Waals surface area contributed by atoms with Crippen LogP contribution >= 0.6 is 11.6 Å². The number of carbonyl (C=O) groups is 2. The van der Waals surface area contributed by atoms with Crippen LogP contribution in [0, 0.1) is 0 Å². The first-order valence-electron chi connectivity index (χ1n) is 6.99. The van der Waals surface area contributed by atoms with Gasteiger partial charge in [-0.25, -0.2) is 17.9 Å². The lowest BCUT2D eigenvalue weighted by atomic mass is 10.2. The first-order chi connectivity index (χ1) is 11.7. The van der Waals surface area contributed by atoms with E-state index in [1.54, 1.807) is 18.2 Å². The van der Waals surface area contributed by atoms with Gasteiger partial charge in [-0.1, -0.05) is 23.7 Å². The zero-order valence-corrected chi connectivity index (χ0v) is 14.6. The highest BCUT2D eigenvalue weighted by Crippen LogP contribution is 2.21. The van der Waals surface area contributed by atoms with Gasteiger partial charge in [0, 0.05) is 13.5 Å². The lowest BCUT2D eigenvalue weighted by Crippen LogP contribution is -2.23. The Hall–Kier alpha value is -2.42. The normalized spacial score (nSPS) is 11.1. The molecule has 2 aromatic rings. The van der Waals surface area contributed by atoms with Crippen molar-refractivity contribution < 1.29 is 27.9 Å². The summed E-state index contributed by atoms with van der Waals surface area (Å²) in [6.45, 7) is 1.22. The van der Waals surface area contributed by atoms with Gasteiger partial charge in [0.15, 0.2) is 0 Å². The molecule has 0 radical (unpaired) electrons. The Balaban J connectivity index is 2.15. The zero-order chi connectivity index (χ0) is 18.6. The second-order valence-corrected chi connectivity index (χ2v) is 7.19. The lowest BCUT2D eigenvalue weighted by molar-refractivity contribution is -0.131. The molecule has 0 bridgehead atoms. The molecule has 0 aliphatic heterocycles. The van der Waals surface area contributed by atoms with Gasteiger partial charge in [0.05, 0.1) is 15.5 Å². The number of carboxylic acids is 1. The number of halogens is 1. The third-order valence-electron chi connectivity index (χ3n) is 3.11. The molecule has 7 nitrogen and oxygen atoms in total. The van der Waals surface area contributed by atoms with E-state index in [1.165, 1.54) is 13.0 Å². The number of benzene rings is 2. The van der Waals surface area contributed by atoms with Crippen LogP contribution in [0.15, 0.2) is 47.4 Å². The van der Waals surface area contributed by atoms with Gasteiger partial charge in [0.25, 0.3) is 0 Å². The summed E-state index contributed by atoms with van der Waals surface area (Å²) in [5.74, 6) is -1.42. The number of sulfonamides is 1. The van der Waals surface area contributed by atoms with E-state index in [0.29, 0.717) is 11.3 Å². The Kier molecular flexibility index (Phi) is 5.78. The highest BCUT2D eigenvalue weighted by molar-refractivity contribution is 7.89. The minimum Gasteiger partial charge on any atom is -0.478 e. The van der Waals surface area contributed by atoms with Gasteiger partial charge >= 0.3 is 11.9 Å². The van der Waals surface area contributed by atoms with E-state index in [0.717, 1.165) is 18.2 Å². The van der Waals surface area contributed by atoms with E-state index in [1.807, 2.05) is 0 Å². The van der Waals surface area contributed by atoms with Crippen LogP contribution < -0.4 is 9.46 Å². The molecule has 2 rings (SSSR count). The number of esters is 1. The second-order valence-electron chi connectivity index (χ2n) is 5.01. The summed E-state index contributed by atoms with van der Waals surface area (Å²) in [6, 6.07) is 9.75. The van der Waals surface area contributed by atoms with Crippen molar-refractivity contribution in [3.8, 4) is 5.75 Å². The van der Waals surface area contributed by atoms with Gasteiger partial charge in [0.2, 0.25) is 10.0 Å². The smallest absolute Gasteiger partial charge is 0.337 e. The van der Waals surface area contributed by atoms with E-state index in [9.17, 15) is 18.0 Å². The van der Waals surface area contributed by atoms with E-state index in [2.05, 4.69) is 4.72 Å². The molecule has 0 saturated carbocycles. The molecule has 0 fully saturated rings. The topological polar surface area (TPSA) is 110 Å². The van der Waals surface area contributed by atoms with Crippen molar-refractivity contribution in [1.82, 2.24) is 4.72 Å². The Labute approximate surface area is 149 Å². The van der Waals surface area contributed by atoms with Crippen LogP contribution in [0.4, 0.5) is 0 Å². The van der Waals surface area contributed by atoms with E-state index < -0.39 is 22.0 Å². The average Bonchev–Trinajstić information content (AvgIpc) is 2.52. The minimum absolute atomic E-state index is 0.0459. The number of rotatable bonds is 6. The van der Waals surface area contributed by atoms with Crippen LogP contribution in [-0.2, 0) is 21.4 Å². The van der Waals surface area contributed by atoms with Crippen LogP contribution in [-0.4, -0.2) is 25.5 Å². The van der Waals surface area contributed by atoms with Crippen molar-refractivity contribution in [2.45, 2.75) is 18.4 Å². The monoisotopic (exact) mass is 383 g/mol. The number of nitrogens with one attached hydrogen (secondary N) is 1. The largest absolute Gasteiger partial charge is 0.478 e. The first-order valence-corrected chi connectivity index (χ1v) is 8.85. The summed E-state index contributed by atoms with van der Waals surface area (Å²) >= 11 is 5.80. The SMILES string of the molecule is CC(=O)Oc1cccc(CNS(=O)(=O)c2ccc(C(=O)O)c(Cl)c2)c1. The average molecular weight is 384 g/mol. The molecule has 0 spiro atoms. The molecular formula is C16H14ClNO6S. The van der Waals surface area contributed by atoms with Crippen molar-refractivity contribution >= 4 is 33.6 Å². The number of carbonyl (C=O) groups excluding carboxylic acids is 1. The number of carboxylic acid groups (broad SMARTS) is 1. The Morgan fingerprint density at radius 2 is 1.92 bits per heavy atom. The molecule has 132 valence electrons. The summed E-state index contributed by atoms with van der Waals surface area (Å²) in [5, 5.41) is 8.74. The summed E-state index contributed by atoms with van der Waals surface area (Å²) in [7, 11) is -3.89. The quantitative estimate of drug-likeness (QED) is 0.585. The highest BCUT2D eigenvalue weighted by Gasteiger charge is 2.17. The van der Waals surface area contributed by atoms with Gasteiger partial charge < -0.3 is 9.84 Å². The van der Waals surface area contributed by atoms with Crippen molar-refractivity contribution in [3.63, 3.8) is 0 Å². The predicted octanol–water partition coefficient (Wildman–Crippen LogP) is 2.44. The van der Waals surface area contributed by atoms with E-state index in [4.69, 9.17) is 21.4 Å².